The van der Waals surface area contributed by atoms with Crippen LogP contribution in [0.2, 0.25) is 0 Å². The smallest absolute Gasteiger partial charge is 0.246 e. The lowest BCUT2D eigenvalue weighted by Gasteiger charge is -2.36. The number of aryl methyl sites for hydroxylation is 1. The normalized spacial score (nSPS) is 19.5. The molecular formula is C21H26N8O. The first kappa shape index (κ1) is 19.8. The summed E-state index contributed by atoms with van der Waals surface area (Å²) in [6, 6.07) is 2.13. The number of carbonyl (C=O) groups is 1. The molecule has 0 saturated carbocycles. The highest BCUT2D eigenvalue weighted by Gasteiger charge is 2.26. The predicted octanol–water partition coefficient (Wildman–Crippen LogP) is 3.43. The number of hydrogen-bond acceptors (Lipinski definition) is 6. The van der Waals surface area contributed by atoms with Crippen LogP contribution in [0, 0.1) is 5.92 Å². The van der Waals surface area contributed by atoms with Crippen LogP contribution < -0.4 is 5.32 Å². The average Bonchev–Trinajstić information content (AvgIpc) is 3.41. The number of amides is 1. The van der Waals surface area contributed by atoms with Crippen LogP contribution in [0.4, 0.5) is 17.5 Å². The van der Waals surface area contributed by atoms with E-state index in [1.54, 1.807) is 6.20 Å². The molecule has 1 aliphatic rings. The maximum Gasteiger partial charge on any atom is 0.246 e. The van der Waals surface area contributed by atoms with Crippen molar-refractivity contribution < 1.29 is 4.79 Å². The summed E-state index contributed by atoms with van der Waals surface area (Å²) >= 11 is 0. The lowest BCUT2D eigenvalue weighted by atomic mass is 9.94. The van der Waals surface area contributed by atoms with Gasteiger partial charge in [-0.15, -0.1) is 0 Å². The van der Waals surface area contributed by atoms with Crippen LogP contribution >= 0.6 is 0 Å². The quantitative estimate of drug-likeness (QED) is 0.482. The molecule has 2 atom stereocenters. The maximum absolute atomic E-state index is 12.1. The van der Waals surface area contributed by atoms with Crippen molar-refractivity contribution in [3.8, 4) is 0 Å². The number of likely N-dealkylation sites (tertiary alicyclic amines) is 1. The molecule has 1 aliphatic heterocycles. The molecule has 0 aliphatic carbocycles. The lowest BCUT2D eigenvalue weighted by Crippen LogP contribution is -2.45. The van der Waals surface area contributed by atoms with E-state index in [4.69, 9.17) is 0 Å². The number of aliphatic imine (C=N–C) groups is 1. The van der Waals surface area contributed by atoms with E-state index in [-0.39, 0.29) is 17.9 Å². The van der Waals surface area contributed by atoms with Gasteiger partial charge < -0.3 is 15.2 Å². The summed E-state index contributed by atoms with van der Waals surface area (Å²) < 4.78 is 1.83. The third-order valence-electron chi connectivity index (χ3n) is 5.39. The summed E-state index contributed by atoms with van der Waals surface area (Å²) in [5, 5.41) is 8.30. The van der Waals surface area contributed by atoms with Gasteiger partial charge in [0, 0.05) is 43.7 Å². The van der Waals surface area contributed by atoms with Crippen LogP contribution in [0.15, 0.2) is 42.3 Å². The van der Waals surface area contributed by atoms with Crippen LogP contribution in [0.25, 0.3) is 11.0 Å². The van der Waals surface area contributed by atoms with E-state index in [0.29, 0.717) is 24.0 Å². The molecule has 156 valence electrons. The molecule has 1 amide bonds. The molecule has 3 aromatic heterocycles. The highest BCUT2D eigenvalue weighted by molar-refractivity contribution is 5.89. The molecule has 0 bridgehead atoms. The summed E-state index contributed by atoms with van der Waals surface area (Å²) in [7, 11) is 0. The molecular weight excluding hydrogens is 380 g/mol. The Hall–Kier alpha value is -3.49. The highest BCUT2D eigenvalue weighted by Crippen LogP contribution is 2.26. The Kier molecular flexibility index (Phi) is 5.60. The molecule has 0 spiro atoms. The maximum atomic E-state index is 12.1. The van der Waals surface area contributed by atoms with Crippen molar-refractivity contribution in [3.63, 3.8) is 0 Å². The van der Waals surface area contributed by atoms with Gasteiger partial charge in [-0.1, -0.05) is 6.58 Å². The molecule has 9 heteroatoms. The van der Waals surface area contributed by atoms with E-state index in [1.165, 1.54) is 6.08 Å². The Labute approximate surface area is 174 Å². The predicted molar refractivity (Wildman–Crippen MR) is 117 cm³/mol. The van der Waals surface area contributed by atoms with Crippen LogP contribution in [0.1, 0.15) is 26.7 Å². The fourth-order valence-corrected chi connectivity index (χ4v) is 3.67. The van der Waals surface area contributed by atoms with Gasteiger partial charge in [-0.3, -0.25) is 9.48 Å². The Morgan fingerprint density at radius 1 is 1.43 bits per heavy atom. The van der Waals surface area contributed by atoms with Gasteiger partial charge in [0.05, 0.1) is 17.3 Å². The second-order valence-corrected chi connectivity index (χ2v) is 7.48. The molecule has 1 fully saturated rings. The molecule has 1 saturated heterocycles. The minimum Gasteiger partial charge on any atom is -0.346 e. The number of nitrogens with one attached hydrogen (secondary N) is 2. The van der Waals surface area contributed by atoms with Crippen molar-refractivity contribution in [3.05, 3.63) is 37.3 Å². The zero-order chi connectivity index (χ0) is 21.1. The van der Waals surface area contributed by atoms with Crippen LogP contribution in [0.3, 0.4) is 0 Å². The molecule has 0 radical (unpaired) electrons. The summed E-state index contributed by atoms with van der Waals surface area (Å²) in [4.78, 5) is 30.9. The van der Waals surface area contributed by atoms with Crippen LogP contribution in [-0.4, -0.2) is 54.3 Å². The second kappa shape index (κ2) is 8.48. The number of rotatable bonds is 6. The average molecular weight is 406 g/mol. The molecule has 1 unspecified atom stereocenters. The molecule has 2 N–H and O–H groups in total. The van der Waals surface area contributed by atoms with Gasteiger partial charge in [0.15, 0.2) is 5.82 Å². The molecule has 9 nitrogen and oxygen atoms in total. The summed E-state index contributed by atoms with van der Waals surface area (Å²) in [5.74, 6) is 1.18. The fraction of sp³-hybridized carbons (Fsp3) is 0.381. The van der Waals surface area contributed by atoms with E-state index in [9.17, 15) is 4.79 Å². The third kappa shape index (κ3) is 4.10. The van der Waals surface area contributed by atoms with Gasteiger partial charge in [-0.25, -0.2) is 4.99 Å². The van der Waals surface area contributed by atoms with Crippen LogP contribution in [0.5, 0.6) is 0 Å². The number of piperidine rings is 1. The summed E-state index contributed by atoms with van der Waals surface area (Å²) in [6.07, 6.45) is 10.7. The Morgan fingerprint density at radius 2 is 2.30 bits per heavy atom. The van der Waals surface area contributed by atoms with Crippen molar-refractivity contribution in [2.75, 3.05) is 11.9 Å². The minimum atomic E-state index is -0.0326. The zero-order valence-corrected chi connectivity index (χ0v) is 17.2. The largest absolute Gasteiger partial charge is 0.346 e. The van der Waals surface area contributed by atoms with Gasteiger partial charge in [-0.05, 0) is 38.8 Å². The van der Waals surface area contributed by atoms with E-state index in [2.05, 4.69) is 43.9 Å². The zero-order valence-electron chi connectivity index (χ0n) is 17.2. The molecule has 30 heavy (non-hydrogen) atoms. The number of aromatic amines is 1. The van der Waals surface area contributed by atoms with Crippen LogP contribution in [-0.2, 0) is 11.3 Å². The SMILES string of the molecule is C=CC(=O)N1CC(C=Nc2nc(Nc3cnn(CC)c3)nc3[nH]ccc23)CC[C@@H]1C. The van der Waals surface area contributed by atoms with E-state index >= 15 is 0 Å². The number of H-pyrrole nitrogens is 1. The highest BCUT2D eigenvalue weighted by atomic mass is 16.2. The molecule has 3 aromatic rings. The first-order valence-corrected chi connectivity index (χ1v) is 10.2. The van der Waals surface area contributed by atoms with Crippen molar-refractivity contribution in [1.82, 2.24) is 29.6 Å². The molecule has 0 aromatic carbocycles. The molecule has 4 heterocycles. The number of anilines is 2. The number of hydrogen-bond donors (Lipinski definition) is 2. The molecule has 4 rings (SSSR count). The number of nitrogens with zero attached hydrogens (tertiary/aromatic N) is 6. The van der Waals surface area contributed by atoms with Crippen molar-refractivity contribution >= 4 is 40.6 Å². The topological polar surface area (TPSA) is 104 Å². The summed E-state index contributed by atoms with van der Waals surface area (Å²) in [6.45, 7) is 9.14. The van der Waals surface area contributed by atoms with E-state index in [1.807, 2.05) is 41.2 Å². The van der Waals surface area contributed by atoms with Crippen molar-refractivity contribution in [2.24, 2.45) is 10.9 Å². The lowest BCUT2D eigenvalue weighted by molar-refractivity contribution is -0.129. The first-order valence-electron chi connectivity index (χ1n) is 10.2. The van der Waals surface area contributed by atoms with E-state index < -0.39 is 0 Å². The Bertz CT molecular complexity index is 1080. The van der Waals surface area contributed by atoms with Gasteiger partial charge >= 0.3 is 0 Å². The number of fused-ring (bicyclic) bond motifs is 1. The van der Waals surface area contributed by atoms with Gasteiger partial charge in [0.25, 0.3) is 0 Å². The fourth-order valence-electron chi connectivity index (χ4n) is 3.67. The third-order valence-corrected chi connectivity index (χ3v) is 5.39. The first-order chi connectivity index (χ1) is 14.6. The van der Waals surface area contributed by atoms with Gasteiger partial charge in [0.2, 0.25) is 11.9 Å². The van der Waals surface area contributed by atoms with Crippen molar-refractivity contribution in [2.45, 2.75) is 39.3 Å². The van der Waals surface area contributed by atoms with Crippen molar-refractivity contribution in [1.29, 1.82) is 0 Å². The summed E-state index contributed by atoms with van der Waals surface area (Å²) in [5.41, 5.74) is 1.53. The monoisotopic (exact) mass is 406 g/mol. The number of carbonyl (C=O) groups excluding carboxylic acids is 1. The minimum absolute atomic E-state index is 0.0326. The Morgan fingerprint density at radius 3 is 3.07 bits per heavy atom. The van der Waals surface area contributed by atoms with Gasteiger partial charge in [0.1, 0.15) is 5.65 Å². The Balaban J connectivity index is 1.56. The van der Waals surface area contributed by atoms with Gasteiger partial charge in [-0.2, -0.15) is 15.1 Å². The number of aromatic nitrogens is 5. The second-order valence-electron chi connectivity index (χ2n) is 7.48. The van der Waals surface area contributed by atoms with E-state index in [0.717, 1.165) is 30.5 Å². The standard InChI is InChI=1S/C21H26N8O/c1-4-18(30)29-12-15(7-6-14(29)3)10-23-20-17-8-9-22-19(17)26-21(27-20)25-16-11-24-28(5-2)13-16/h4,8-11,13-15H,1,5-7,12H2,2-3H3,(H2,22,25,26,27)/t14-,15?/m0/s1.